The average Bonchev–Trinajstić information content (AvgIpc) is 2.35. The maximum atomic E-state index is 11.6. The molecule has 0 bridgehead atoms. The van der Waals surface area contributed by atoms with Gasteiger partial charge in [0, 0.05) is 17.2 Å². The first-order chi connectivity index (χ1) is 8.56. The highest BCUT2D eigenvalue weighted by atomic mass is 35.5. The number of rotatable bonds is 3. The van der Waals surface area contributed by atoms with Crippen LogP contribution in [0.2, 0.25) is 0 Å². The number of thioether (sulfide) groups is 1. The van der Waals surface area contributed by atoms with Gasteiger partial charge < -0.3 is 15.6 Å². The molecule has 6 nitrogen and oxygen atoms in total. The van der Waals surface area contributed by atoms with Gasteiger partial charge in [0.25, 0.3) is 0 Å². The number of carbonyl (C=O) groups excluding carboxylic acids is 1. The van der Waals surface area contributed by atoms with E-state index in [1.54, 1.807) is 12.2 Å². The van der Waals surface area contributed by atoms with Crippen molar-refractivity contribution in [2.45, 2.75) is 11.4 Å². The Hall–Kier alpha value is -1.18. The minimum atomic E-state index is -1.46. The molecule has 98 valence electrons. The van der Waals surface area contributed by atoms with Crippen LogP contribution in [0.5, 0.6) is 0 Å². The molecule has 1 fully saturated rings. The number of ether oxygens (including phenoxy) is 1. The van der Waals surface area contributed by atoms with E-state index < -0.39 is 12.2 Å². The molecule has 2 heterocycles. The molecule has 2 atom stereocenters. The summed E-state index contributed by atoms with van der Waals surface area (Å²) < 4.78 is 4.69. The number of hydrogen-bond acceptors (Lipinski definition) is 5. The van der Waals surface area contributed by atoms with Crippen molar-refractivity contribution < 1.29 is 19.4 Å². The highest BCUT2D eigenvalue weighted by Gasteiger charge is 2.51. The van der Waals surface area contributed by atoms with E-state index in [1.807, 2.05) is 0 Å². The fraction of sp³-hybridized carbons (Fsp3) is 0.400. The molecule has 1 saturated heterocycles. The molecule has 18 heavy (non-hydrogen) atoms. The Morgan fingerprint density at radius 1 is 1.72 bits per heavy atom. The maximum Gasteiger partial charge on any atom is 0.512 e. The van der Waals surface area contributed by atoms with Crippen molar-refractivity contribution in [2.24, 2.45) is 5.73 Å². The normalized spacial score (nSPS) is 27.2. The number of β-lactam (4-membered cyclic amide) rings is 1. The second kappa shape index (κ2) is 5.21. The quantitative estimate of drug-likeness (QED) is 0.456. The van der Waals surface area contributed by atoms with Crippen LogP contribution in [-0.4, -0.2) is 45.1 Å². The summed E-state index contributed by atoms with van der Waals surface area (Å²) in [6, 6.07) is -0.596. The van der Waals surface area contributed by atoms with E-state index in [2.05, 4.69) is 0 Å². The van der Waals surface area contributed by atoms with Crippen molar-refractivity contribution in [3.63, 3.8) is 0 Å². The first-order valence-corrected chi connectivity index (χ1v) is 6.71. The average molecular weight is 291 g/mol. The third kappa shape index (κ3) is 2.21. The van der Waals surface area contributed by atoms with Crippen LogP contribution in [0.1, 0.15) is 0 Å². The molecule has 8 heteroatoms. The summed E-state index contributed by atoms with van der Waals surface area (Å²) in [6.07, 6.45) is 1.86. The van der Waals surface area contributed by atoms with Crippen LogP contribution in [0.15, 0.2) is 23.6 Å². The Balaban J connectivity index is 2.31. The highest BCUT2D eigenvalue weighted by Crippen LogP contribution is 2.40. The Morgan fingerprint density at radius 3 is 3.06 bits per heavy atom. The van der Waals surface area contributed by atoms with E-state index in [0.717, 1.165) is 0 Å². The molecule has 2 aliphatic heterocycles. The topological polar surface area (TPSA) is 92.9 Å². The van der Waals surface area contributed by atoms with Gasteiger partial charge in [0.2, 0.25) is 11.8 Å². The van der Waals surface area contributed by atoms with Crippen molar-refractivity contribution in [3.05, 3.63) is 23.6 Å². The second-order valence-corrected chi connectivity index (χ2v) is 5.10. The molecule has 0 saturated carbocycles. The Kier molecular flexibility index (Phi) is 3.84. The predicted octanol–water partition coefficient (Wildman–Crippen LogP) is 0.930. The van der Waals surface area contributed by atoms with Gasteiger partial charge in [-0.25, -0.2) is 4.79 Å². The standard InChI is InChI=1S/C10H11ClN2O4S/c11-3-1-2-5-4-18-9-6(12)7(14)13(9)8(5)17-10(15)16/h1-2,6,9H,3-4,12H2,(H,15,16). The SMILES string of the molecule is NC1C(=O)N2C(OC(=O)O)=C(C=CCCl)CSC12. The number of allylic oxidation sites excluding steroid dienone is 2. The highest BCUT2D eigenvalue weighted by molar-refractivity contribution is 8.00. The number of carbonyl (C=O) groups is 2. The van der Waals surface area contributed by atoms with Crippen LogP contribution in [-0.2, 0) is 9.53 Å². The van der Waals surface area contributed by atoms with Crippen LogP contribution in [0.25, 0.3) is 0 Å². The summed E-state index contributed by atoms with van der Waals surface area (Å²) in [5, 5.41) is 8.46. The van der Waals surface area contributed by atoms with Crippen LogP contribution in [0.4, 0.5) is 4.79 Å². The number of carboxylic acid groups (broad SMARTS) is 1. The minimum absolute atomic E-state index is 0.0410. The van der Waals surface area contributed by atoms with Gasteiger partial charge >= 0.3 is 6.16 Å². The van der Waals surface area contributed by atoms with Crippen molar-refractivity contribution in [3.8, 4) is 0 Å². The summed E-state index contributed by atoms with van der Waals surface area (Å²) in [6.45, 7) is 0. The number of alkyl halides is 1. The van der Waals surface area contributed by atoms with Crippen LogP contribution in [0.3, 0.4) is 0 Å². The smallest absolute Gasteiger partial charge is 0.449 e. The molecule has 0 aliphatic carbocycles. The number of fused-ring (bicyclic) bond motifs is 1. The Labute approximate surface area is 112 Å². The summed E-state index contributed by atoms with van der Waals surface area (Å²) in [4.78, 5) is 23.6. The van der Waals surface area contributed by atoms with E-state index in [9.17, 15) is 9.59 Å². The zero-order valence-electron chi connectivity index (χ0n) is 9.21. The third-order valence-electron chi connectivity index (χ3n) is 2.58. The summed E-state index contributed by atoms with van der Waals surface area (Å²) in [5.41, 5.74) is 6.25. The fourth-order valence-electron chi connectivity index (χ4n) is 1.78. The van der Waals surface area contributed by atoms with Gasteiger partial charge in [0.15, 0.2) is 0 Å². The van der Waals surface area contributed by atoms with Gasteiger partial charge in [-0.15, -0.1) is 23.4 Å². The fourth-order valence-corrected chi connectivity index (χ4v) is 3.11. The van der Waals surface area contributed by atoms with Gasteiger partial charge in [0.05, 0.1) is 0 Å². The molecule has 0 aromatic rings. The number of nitrogens with zero attached hydrogens (tertiary/aromatic N) is 1. The molecule has 0 aromatic carbocycles. The van der Waals surface area contributed by atoms with Crippen LogP contribution in [0, 0.1) is 0 Å². The van der Waals surface area contributed by atoms with Crippen molar-refractivity contribution in [1.82, 2.24) is 4.90 Å². The van der Waals surface area contributed by atoms with Crippen molar-refractivity contribution in [2.75, 3.05) is 11.6 Å². The second-order valence-electron chi connectivity index (χ2n) is 3.69. The van der Waals surface area contributed by atoms with E-state index in [-0.39, 0.29) is 17.2 Å². The minimum Gasteiger partial charge on any atom is -0.449 e. The molecule has 3 N–H and O–H groups in total. The number of halogens is 1. The summed E-state index contributed by atoms with van der Waals surface area (Å²) in [5.74, 6) is 0.531. The first kappa shape index (κ1) is 13.3. The molecule has 0 spiro atoms. The third-order valence-corrected chi connectivity index (χ3v) is 4.08. The first-order valence-electron chi connectivity index (χ1n) is 5.13. The lowest BCUT2D eigenvalue weighted by Crippen LogP contribution is -2.68. The molecular formula is C10H11ClN2O4S. The van der Waals surface area contributed by atoms with E-state index in [4.69, 9.17) is 27.2 Å². The molecule has 2 unspecified atom stereocenters. The molecule has 1 amide bonds. The lowest BCUT2D eigenvalue weighted by Gasteiger charge is -2.47. The lowest BCUT2D eigenvalue weighted by molar-refractivity contribution is -0.144. The molecule has 0 radical (unpaired) electrons. The van der Waals surface area contributed by atoms with Crippen LogP contribution < -0.4 is 5.73 Å². The molecule has 2 rings (SSSR count). The molecule has 0 aromatic heterocycles. The van der Waals surface area contributed by atoms with E-state index >= 15 is 0 Å². The Bertz CT molecular complexity index is 451. The largest absolute Gasteiger partial charge is 0.512 e. The van der Waals surface area contributed by atoms with Crippen LogP contribution >= 0.6 is 23.4 Å². The summed E-state index contributed by atoms with van der Waals surface area (Å²) >= 11 is 7.00. The van der Waals surface area contributed by atoms with E-state index in [1.165, 1.54) is 16.7 Å². The number of nitrogens with two attached hydrogens (primary N) is 1. The van der Waals surface area contributed by atoms with Gasteiger partial charge in [-0.3, -0.25) is 9.69 Å². The van der Waals surface area contributed by atoms with Crippen molar-refractivity contribution >= 4 is 35.4 Å². The number of hydrogen-bond donors (Lipinski definition) is 2. The van der Waals surface area contributed by atoms with E-state index in [0.29, 0.717) is 17.2 Å². The summed E-state index contributed by atoms with van der Waals surface area (Å²) in [7, 11) is 0. The maximum absolute atomic E-state index is 11.6. The monoisotopic (exact) mass is 290 g/mol. The lowest BCUT2D eigenvalue weighted by atomic mass is 10.1. The zero-order valence-corrected chi connectivity index (χ0v) is 10.8. The van der Waals surface area contributed by atoms with Gasteiger partial charge in [-0.05, 0) is 0 Å². The molecular weight excluding hydrogens is 280 g/mol. The molecule has 2 aliphatic rings. The van der Waals surface area contributed by atoms with Crippen molar-refractivity contribution in [1.29, 1.82) is 0 Å². The zero-order chi connectivity index (χ0) is 13.3. The van der Waals surface area contributed by atoms with Gasteiger partial charge in [-0.1, -0.05) is 12.2 Å². The predicted molar refractivity (Wildman–Crippen MR) is 67.1 cm³/mol. The van der Waals surface area contributed by atoms with Gasteiger partial charge in [0.1, 0.15) is 11.4 Å². The number of amides is 1. The van der Waals surface area contributed by atoms with Gasteiger partial charge in [-0.2, -0.15) is 0 Å². The Morgan fingerprint density at radius 2 is 2.44 bits per heavy atom.